The number of nitrogens with two attached hydrogens (primary N) is 1. The highest BCUT2D eigenvalue weighted by Crippen LogP contribution is 2.22. The molecule has 4 heteroatoms. The Morgan fingerprint density at radius 2 is 2.05 bits per heavy atom. The zero-order valence-corrected chi connectivity index (χ0v) is 11.5. The van der Waals surface area contributed by atoms with Gasteiger partial charge >= 0.3 is 0 Å². The van der Waals surface area contributed by atoms with Crippen molar-refractivity contribution in [3.8, 4) is 0 Å². The lowest BCUT2D eigenvalue weighted by Crippen LogP contribution is -2.06. The zero-order chi connectivity index (χ0) is 14.3. The van der Waals surface area contributed by atoms with Crippen LogP contribution in [0.2, 0.25) is 0 Å². The Bertz CT molecular complexity index is 790. The van der Waals surface area contributed by atoms with E-state index in [0.29, 0.717) is 6.54 Å². The van der Waals surface area contributed by atoms with Crippen LogP contribution in [0.3, 0.4) is 0 Å². The number of hydrogen-bond acceptors (Lipinski definition) is 2. The van der Waals surface area contributed by atoms with E-state index >= 15 is 0 Å². The monoisotopic (exact) mass is 269 g/mol. The lowest BCUT2D eigenvalue weighted by Gasteiger charge is -2.11. The van der Waals surface area contributed by atoms with E-state index in [9.17, 15) is 4.39 Å². The fourth-order valence-corrected chi connectivity index (χ4v) is 2.42. The molecular formula is C16H16FN3. The Morgan fingerprint density at radius 3 is 2.85 bits per heavy atom. The molecule has 0 aliphatic rings. The number of nitrogen functional groups attached to an aromatic ring is 1. The zero-order valence-electron chi connectivity index (χ0n) is 11.5. The number of nitrogens with zero attached hydrogens (tertiary/aromatic N) is 2. The molecule has 0 spiro atoms. The molecule has 2 N–H and O–H groups in total. The summed E-state index contributed by atoms with van der Waals surface area (Å²) in [6.45, 7) is 4.56. The van der Waals surface area contributed by atoms with Crippen molar-refractivity contribution in [3.63, 3.8) is 0 Å². The molecule has 0 atom stereocenters. The van der Waals surface area contributed by atoms with Gasteiger partial charge in [0, 0.05) is 29.0 Å². The molecule has 0 radical (unpaired) electrons. The molecule has 2 aromatic heterocycles. The van der Waals surface area contributed by atoms with Gasteiger partial charge in [-0.3, -0.25) is 4.98 Å². The maximum Gasteiger partial charge on any atom is 0.123 e. The molecule has 3 nitrogen and oxygen atoms in total. The summed E-state index contributed by atoms with van der Waals surface area (Å²) in [5.41, 5.74) is 10.8. The van der Waals surface area contributed by atoms with Gasteiger partial charge in [-0.05, 0) is 49.2 Å². The van der Waals surface area contributed by atoms with Crippen LogP contribution in [-0.4, -0.2) is 9.55 Å². The summed E-state index contributed by atoms with van der Waals surface area (Å²) in [5, 5.41) is 0.891. The molecule has 102 valence electrons. The number of hydrogen-bond donors (Lipinski definition) is 1. The van der Waals surface area contributed by atoms with E-state index in [-0.39, 0.29) is 5.82 Å². The highest BCUT2D eigenvalue weighted by molar-refractivity contribution is 5.80. The van der Waals surface area contributed by atoms with Gasteiger partial charge in [0.05, 0.1) is 12.2 Å². The first-order valence-corrected chi connectivity index (χ1v) is 6.51. The molecule has 0 saturated carbocycles. The third-order valence-corrected chi connectivity index (χ3v) is 3.73. The molecular weight excluding hydrogens is 253 g/mol. The van der Waals surface area contributed by atoms with Crippen molar-refractivity contribution in [1.29, 1.82) is 0 Å². The predicted octanol–water partition coefficient (Wildman–Crippen LogP) is 3.42. The van der Waals surface area contributed by atoms with Gasteiger partial charge in [0.2, 0.25) is 0 Å². The molecule has 0 aliphatic heterocycles. The highest BCUT2D eigenvalue weighted by Gasteiger charge is 2.09. The molecule has 2 heterocycles. The van der Waals surface area contributed by atoms with Gasteiger partial charge in [-0.15, -0.1) is 0 Å². The average Bonchev–Trinajstić information content (AvgIpc) is 2.82. The van der Waals surface area contributed by atoms with Crippen molar-refractivity contribution in [2.24, 2.45) is 0 Å². The minimum atomic E-state index is -0.218. The molecule has 0 bridgehead atoms. The number of halogens is 1. The Labute approximate surface area is 116 Å². The fraction of sp³-hybridized carbons (Fsp3) is 0.188. The van der Waals surface area contributed by atoms with Crippen LogP contribution >= 0.6 is 0 Å². The Hall–Kier alpha value is -2.36. The molecule has 1 aromatic carbocycles. The summed E-state index contributed by atoms with van der Waals surface area (Å²) in [6, 6.07) is 6.71. The molecule has 0 saturated heterocycles. The predicted molar refractivity (Wildman–Crippen MR) is 79.1 cm³/mol. The molecule has 0 fully saturated rings. The van der Waals surface area contributed by atoms with E-state index in [1.54, 1.807) is 12.3 Å². The van der Waals surface area contributed by atoms with E-state index in [4.69, 9.17) is 5.73 Å². The molecule has 3 rings (SSSR count). The van der Waals surface area contributed by atoms with E-state index in [1.807, 2.05) is 26.1 Å². The summed E-state index contributed by atoms with van der Waals surface area (Å²) >= 11 is 0. The number of aryl methyl sites for hydroxylation is 1. The molecule has 0 aliphatic carbocycles. The minimum absolute atomic E-state index is 0.218. The number of aromatic nitrogens is 2. The first kappa shape index (κ1) is 12.7. The summed E-state index contributed by atoms with van der Waals surface area (Å²) < 4.78 is 15.3. The van der Waals surface area contributed by atoms with Crippen LogP contribution in [0.25, 0.3) is 10.9 Å². The van der Waals surface area contributed by atoms with Gasteiger partial charge in [-0.25, -0.2) is 4.39 Å². The molecule has 0 amide bonds. The van der Waals surface area contributed by atoms with Crippen molar-refractivity contribution in [2.75, 3.05) is 5.73 Å². The van der Waals surface area contributed by atoms with E-state index < -0.39 is 0 Å². The standard InChI is InChI=1S/C16H16FN3/c1-10-8-19-14(11(2)16(10)18)9-20-6-5-12-7-13(17)3-4-15(12)20/h3-8H,9H2,1-2H3,(H2,18,19). The Morgan fingerprint density at radius 1 is 1.25 bits per heavy atom. The van der Waals surface area contributed by atoms with Gasteiger partial charge in [0.25, 0.3) is 0 Å². The number of benzene rings is 1. The highest BCUT2D eigenvalue weighted by atomic mass is 19.1. The molecule has 0 unspecified atom stereocenters. The Balaban J connectivity index is 2.04. The van der Waals surface area contributed by atoms with Gasteiger partial charge < -0.3 is 10.3 Å². The lowest BCUT2D eigenvalue weighted by atomic mass is 10.1. The van der Waals surface area contributed by atoms with Crippen LogP contribution < -0.4 is 5.73 Å². The second-order valence-corrected chi connectivity index (χ2v) is 5.07. The van der Waals surface area contributed by atoms with Crippen molar-refractivity contribution < 1.29 is 4.39 Å². The van der Waals surface area contributed by atoms with E-state index in [2.05, 4.69) is 9.55 Å². The SMILES string of the molecule is Cc1cnc(Cn2ccc3cc(F)ccc32)c(C)c1N. The maximum atomic E-state index is 13.2. The smallest absolute Gasteiger partial charge is 0.123 e. The summed E-state index contributed by atoms with van der Waals surface area (Å²) in [4.78, 5) is 4.46. The number of rotatable bonds is 2. The summed E-state index contributed by atoms with van der Waals surface area (Å²) in [7, 11) is 0. The van der Waals surface area contributed by atoms with Gasteiger partial charge in [-0.2, -0.15) is 0 Å². The lowest BCUT2D eigenvalue weighted by molar-refractivity contribution is 0.629. The number of fused-ring (bicyclic) bond motifs is 1. The van der Waals surface area contributed by atoms with Crippen LogP contribution in [0.5, 0.6) is 0 Å². The second kappa shape index (κ2) is 4.63. The average molecular weight is 269 g/mol. The van der Waals surface area contributed by atoms with Gasteiger partial charge in [0.15, 0.2) is 0 Å². The largest absolute Gasteiger partial charge is 0.398 e. The topological polar surface area (TPSA) is 43.8 Å². The van der Waals surface area contributed by atoms with Crippen molar-refractivity contribution in [1.82, 2.24) is 9.55 Å². The third-order valence-electron chi connectivity index (χ3n) is 3.73. The quantitative estimate of drug-likeness (QED) is 0.774. The number of anilines is 1. The second-order valence-electron chi connectivity index (χ2n) is 5.07. The first-order chi connectivity index (χ1) is 9.56. The first-order valence-electron chi connectivity index (χ1n) is 6.51. The van der Waals surface area contributed by atoms with Gasteiger partial charge in [-0.1, -0.05) is 0 Å². The maximum absolute atomic E-state index is 13.2. The van der Waals surface area contributed by atoms with E-state index in [1.165, 1.54) is 12.1 Å². The van der Waals surface area contributed by atoms with Crippen molar-refractivity contribution in [2.45, 2.75) is 20.4 Å². The summed E-state index contributed by atoms with van der Waals surface area (Å²) in [5.74, 6) is -0.218. The van der Waals surface area contributed by atoms with Gasteiger partial charge in [0.1, 0.15) is 5.82 Å². The van der Waals surface area contributed by atoms with Crippen molar-refractivity contribution >= 4 is 16.6 Å². The van der Waals surface area contributed by atoms with Crippen molar-refractivity contribution in [3.05, 3.63) is 59.3 Å². The third kappa shape index (κ3) is 2.03. The fourth-order valence-electron chi connectivity index (χ4n) is 2.42. The molecule has 20 heavy (non-hydrogen) atoms. The number of pyridine rings is 1. The summed E-state index contributed by atoms with van der Waals surface area (Å²) in [6.07, 6.45) is 3.74. The normalized spacial score (nSPS) is 11.2. The van der Waals surface area contributed by atoms with Crippen LogP contribution in [-0.2, 0) is 6.54 Å². The Kier molecular flexibility index (Phi) is 2.93. The van der Waals surface area contributed by atoms with Crippen LogP contribution in [0.15, 0.2) is 36.7 Å². The van der Waals surface area contributed by atoms with Crippen LogP contribution in [0.4, 0.5) is 10.1 Å². The van der Waals surface area contributed by atoms with Crippen LogP contribution in [0.1, 0.15) is 16.8 Å². The van der Waals surface area contributed by atoms with E-state index in [0.717, 1.165) is 33.4 Å². The minimum Gasteiger partial charge on any atom is -0.398 e. The van der Waals surface area contributed by atoms with Crippen LogP contribution in [0, 0.1) is 19.7 Å². The molecule has 3 aromatic rings.